The van der Waals surface area contributed by atoms with Crippen LogP contribution in [0, 0.1) is 5.41 Å². The molecule has 0 N–H and O–H groups in total. The maximum absolute atomic E-state index is 2.40. The molecule has 1 aliphatic rings. The molecule has 0 aliphatic heterocycles. The van der Waals surface area contributed by atoms with E-state index < -0.39 is 0 Å². The van der Waals surface area contributed by atoms with E-state index >= 15 is 0 Å². The first-order chi connectivity index (χ1) is 6.99. The SMILES string of the molecule is C/C1=C/CC/C(C)=C\CC(C)(C)/C=C\C1. The Morgan fingerprint density at radius 1 is 1.07 bits per heavy atom. The van der Waals surface area contributed by atoms with Gasteiger partial charge in [0.1, 0.15) is 0 Å². The predicted molar refractivity (Wildman–Crippen MR) is 68.9 cm³/mol. The van der Waals surface area contributed by atoms with Gasteiger partial charge in [0.15, 0.2) is 0 Å². The minimum Gasteiger partial charge on any atom is -0.0850 e. The highest BCUT2D eigenvalue weighted by Crippen LogP contribution is 2.25. The number of allylic oxidation sites excluding steroid dienone is 6. The summed E-state index contributed by atoms with van der Waals surface area (Å²) in [4.78, 5) is 0. The van der Waals surface area contributed by atoms with Gasteiger partial charge in [-0.05, 0) is 44.9 Å². The average Bonchev–Trinajstić information content (AvgIpc) is 2.15. The smallest absolute Gasteiger partial charge is 0.0140 e. The van der Waals surface area contributed by atoms with Crippen molar-refractivity contribution in [3.05, 3.63) is 35.5 Å². The van der Waals surface area contributed by atoms with Crippen LogP contribution in [-0.2, 0) is 0 Å². The lowest BCUT2D eigenvalue weighted by Crippen LogP contribution is -2.05. The second-order valence-electron chi connectivity index (χ2n) is 5.44. The Bertz CT molecular complexity index is 287. The second kappa shape index (κ2) is 5.34. The van der Waals surface area contributed by atoms with Crippen LogP contribution >= 0.6 is 0 Å². The van der Waals surface area contributed by atoms with Gasteiger partial charge < -0.3 is 0 Å². The minimum absolute atomic E-state index is 0.311. The van der Waals surface area contributed by atoms with E-state index in [0.29, 0.717) is 5.41 Å². The quantitative estimate of drug-likeness (QED) is 0.485. The molecule has 0 aromatic heterocycles. The van der Waals surface area contributed by atoms with Crippen molar-refractivity contribution < 1.29 is 0 Å². The van der Waals surface area contributed by atoms with Crippen LogP contribution in [-0.4, -0.2) is 0 Å². The first-order valence-electron chi connectivity index (χ1n) is 5.98. The fraction of sp³-hybridized carbons (Fsp3) is 0.600. The monoisotopic (exact) mass is 204 g/mol. The zero-order chi connectivity index (χ0) is 11.3. The van der Waals surface area contributed by atoms with Crippen molar-refractivity contribution in [1.82, 2.24) is 0 Å². The minimum atomic E-state index is 0.311. The average molecular weight is 204 g/mol. The molecule has 0 heterocycles. The molecule has 0 fully saturated rings. The third-order valence-electron chi connectivity index (χ3n) is 3.02. The molecule has 0 saturated carbocycles. The molecule has 0 aromatic rings. The Balaban J connectivity index is 2.79. The van der Waals surface area contributed by atoms with Crippen molar-refractivity contribution in [2.45, 2.75) is 53.4 Å². The molecule has 0 atom stereocenters. The Morgan fingerprint density at radius 3 is 2.53 bits per heavy atom. The van der Waals surface area contributed by atoms with E-state index in [9.17, 15) is 0 Å². The van der Waals surface area contributed by atoms with Crippen LogP contribution in [0.4, 0.5) is 0 Å². The van der Waals surface area contributed by atoms with Crippen LogP contribution in [0.5, 0.6) is 0 Å². The van der Waals surface area contributed by atoms with Crippen LogP contribution in [0.2, 0.25) is 0 Å². The van der Waals surface area contributed by atoms with E-state index in [1.807, 2.05) is 0 Å². The van der Waals surface area contributed by atoms with Gasteiger partial charge in [0, 0.05) is 0 Å². The summed E-state index contributed by atoms with van der Waals surface area (Å²) >= 11 is 0. The first-order valence-corrected chi connectivity index (χ1v) is 5.98. The highest BCUT2D eigenvalue weighted by atomic mass is 14.2. The molecule has 1 aliphatic carbocycles. The summed E-state index contributed by atoms with van der Waals surface area (Å²) in [5, 5.41) is 0. The Morgan fingerprint density at radius 2 is 1.80 bits per heavy atom. The third kappa shape index (κ3) is 5.01. The molecule has 84 valence electrons. The molecule has 0 amide bonds. The summed E-state index contributed by atoms with van der Waals surface area (Å²) in [5.74, 6) is 0. The lowest BCUT2D eigenvalue weighted by atomic mass is 9.87. The maximum atomic E-state index is 2.40. The molecular weight excluding hydrogens is 180 g/mol. The summed E-state index contributed by atoms with van der Waals surface area (Å²) in [7, 11) is 0. The van der Waals surface area contributed by atoms with Gasteiger partial charge in [-0.15, -0.1) is 0 Å². The molecule has 0 heteroatoms. The van der Waals surface area contributed by atoms with Gasteiger partial charge in [-0.25, -0.2) is 0 Å². The fourth-order valence-corrected chi connectivity index (χ4v) is 1.80. The molecule has 0 aromatic carbocycles. The first kappa shape index (κ1) is 12.3. The van der Waals surface area contributed by atoms with Gasteiger partial charge in [0.2, 0.25) is 0 Å². The van der Waals surface area contributed by atoms with Crippen LogP contribution in [0.3, 0.4) is 0 Å². The Labute approximate surface area is 94.8 Å². The topological polar surface area (TPSA) is 0 Å². The van der Waals surface area contributed by atoms with Crippen LogP contribution in [0.25, 0.3) is 0 Å². The zero-order valence-corrected chi connectivity index (χ0v) is 10.6. The maximum Gasteiger partial charge on any atom is -0.0140 e. The largest absolute Gasteiger partial charge is 0.0850 e. The summed E-state index contributed by atoms with van der Waals surface area (Å²) in [6.07, 6.45) is 14.1. The second-order valence-corrected chi connectivity index (χ2v) is 5.44. The normalized spacial score (nSPS) is 31.7. The number of rotatable bonds is 0. The molecular formula is C15H24. The molecule has 0 nitrogen and oxygen atoms in total. The third-order valence-corrected chi connectivity index (χ3v) is 3.02. The van der Waals surface area contributed by atoms with E-state index in [0.717, 1.165) is 12.8 Å². The molecule has 1 rings (SSSR count). The standard InChI is InChI=1S/C15H24/c1-13-7-5-8-14(2)10-12-15(3,4)11-6-9-13/h6-7,10-11H,5,8-9,12H2,1-4H3/b11-6-,13-7-,14-10-. The van der Waals surface area contributed by atoms with Crippen molar-refractivity contribution in [2.24, 2.45) is 5.41 Å². The summed E-state index contributed by atoms with van der Waals surface area (Å²) in [5.41, 5.74) is 3.34. The van der Waals surface area contributed by atoms with Gasteiger partial charge in [-0.1, -0.05) is 49.3 Å². The van der Waals surface area contributed by atoms with Crippen molar-refractivity contribution in [2.75, 3.05) is 0 Å². The van der Waals surface area contributed by atoms with E-state index in [2.05, 4.69) is 52.0 Å². The summed E-state index contributed by atoms with van der Waals surface area (Å²) in [6, 6.07) is 0. The van der Waals surface area contributed by atoms with Gasteiger partial charge in [-0.2, -0.15) is 0 Å². The molecule has 0 saturated heterocycles. The fourth-order valence-electron chi connectivity index (χ4n) is 1.80. The summed E-state index contributed by atoms with van der Waals surface area (Å²) < 4.78 is 0. The number of hydrogen-bond acceptors (Lipinski definition) is 0. The van der Waals surface area contributed by atoms with Gasteiger partial charge in [-0.3, -0.25) is 0 Å². The molecule has 0 bridgehead atoms. The van der Waals surface area contributed by atoms with Crippen LogP contribution in [0.1, 0.15) is 53.4 Å². The lowest BCUT2D eigenvalue weighted by Gasteiger charge is -2.18. The zero-order valence-electron chi connectivity index (χ0n) is 10.6. The molecule has 0 radical (unpaired) electrons. The van der Waals surface area contributed by atoms with Gasteiger partial charge in [0.05, 0.1) is 0 Å². The Kier molecular flexibility index (Phi) is 4.38. The number of hydrogen-bond donors (Lipinski definition) is 0. The van der Waals surface area contributed by atoms with Crippen molar-refractivity contribution in [3.8, 4) is 0 Å². The molecule has 0 spiro atoms. The molecule has 0 unspecified atom stereocenters. The highest BCUT2D eigenvalue weighted by Gasteiger charge is 2.11. The summed E-state index contributed by atoms with van der Waals surface area (Å²) in [6.45, 7) is 9.10. The predicted octanol–water partition coefficient (Wildman–Crippen LogP) is 5.04. The van der Waals surface area contributed by atoms with Crippen LogP contribution < -0.4 is 0 Å². The van der Waals surface area contributed by atoms with Gasteiger partial charge in [0.25, 0.3) is 0 Å². The van der Waals surface area contributed by atoms with Crippen molar-refractivity contribution >= 4 is 0 Å². The Hall–Kier alpha value is -0.780. The van der Waals surface area contributed by atoms with E-state index in [4.69, 9.17) is 0 Å². The van der Waals surface area contributed by atoms with Crippen molar-refractivity contribution in [1.29, 1.82) is 0 Å². The highest BCUT2D eigenvalue weighted by molar-refractivity contribution is 5.12. The van der Waals surface area contributed by atoms with E-state index in [1.54, 1.807) is 0 Å². The van der Waals surface area contributed by atoms with Crippen LogP contribution in [0.15, 0.2) is 35.5 Å². The lowest BCUT2D eigenvalue weighted by molar-refractivity contribution is 0.486. The van der Waals surface area contributed by atoms with Crippen molar-refractivity contribution in [3.63, 3.8) is 0 Å². The van der Waals surface area contributed by atoms with E-state index in [-0.39, 0.29) is 0 Å². The molecule has 15 heavy (non-hydrogen) atoms. The van der Waals surface area contributed by atoms with Gasteiger partial charge >= 0.3 is 0 Å². The van der Waals surface area contributed by atoms with E-state index in [1.165, 1.54) is 24.0 Å².